The van der Waals surface area contributed by atoms with E-state index in [0.29, 0.717) is 36.1 Å². The number of halogens is 2. The van der Waals surface area contributed by atoms with E-state index in [0.717, 1.165) is 24.5 Å². The standard InChI is InChI=1S/C22H23Cl2N3O2/c1-15-2-3-17(24)14-20(15)25-10-12-26(13-11-25)21(28)19-8-9-27(22(19)29)18-6-4-16(23)5-7-18/h2-7,14,19H,8-13H2,1H3/t19-/m1/s1. The van der Waals surface area contributed by atoms with Crippen LogP contribution in [-0.4, -0.2) is 49.4 Å². The van der Waals surface area contributed by atoms with Gasteiger partial charge in [-0.2, -0.15) is 0 Å². The molecule has 152 valence electrons. The molecular formula is C22H23Cl2N3O2. The van der Waals surface area contributed by atoms with Crippen LogP contribution in [0.3, 0.4) is 0 Å². The smallest absolute Gasteiger partial charge is 0.239 e. The molecule has 0 unspecified atom stereocenters. The Balaban J connectivity index is 1.39. The van der Waals surface area contributed by atoms with Crippen LogP contribution >= 0.6 is 23.2 Å². The predicted molar refractivity (Wildman–Crippen MR) is 117 cm³/mol. The number of aryl methyl sites for hydroxylation is 1. The van der Waals surface area contributed by atoms with Gasteiger partial charge in [0.15, 0.2) is 0 Å². The molecule has 0 saturated carbocycles. The van der Waals surface area contributed by atoms with Gasteiger partial charge in [-0.25, -0.2) is 0 Å². The first-order chi connectivity index (χ1) is 13.9. The molecule has 2 aliphatic rings. The van der Waals surface area contributed by atoms with Crippen molar-refractivity contribution in [2.45, 2.75) is 13.3 Å². The fourth-order valence-electron chi connectivity index (χ4n) is 4.10. The Morgan fingerprint density at radius 2 is 1.59 bits per heavy atom. The monoisotopic (exact) mass is 431 g/mol. The number of hydrogen-bond acceptors (Lipinski definition) is 3. The maximum absolute atomic E-state index is 13.0. The molecule has 29 heavy (non-hydrogen) atoms. The minimum atomic E-state index is -0.592. The number of benzene rings is 2. The molecule has 2 fully saturated rings. The number of carbonyl (C=O) groups is 2. The van der Waals surface area contributed by atoms with Gasteiger partial charge >= 0.3 is 0 Å². The molecule has 5 nitrogen and oxygen atoms in total. The third-order valence-corrected chi connectivity index (χ3v) is 6.23. The minimum Gasteiger partial charge on any atom is -0.368 e. The lowest BCUT2D eigenvalue weighted by Gasteiger charge is -2.37. The van der Waals surface area contributed by atoms with Gasteiger partial charge in [-0.05, 0) is 55.3 Å². The Morgan fingerprint density at radius 1 is 0.931 bits per heavy atom. The van der Waals surface area contributed by atoms with Crippen LogP contribution in [0.2, 0.25) is 10.0 Å². The summed E-state index contributed by atoms with van der Waals surface area (Å²) in [7, 11) is 0. The highest BCUT2D eigenvalue weighted by atomic mass is 35.5. The number of rotatable bonds is 3. The van der Waals surface area contributed by atoms with Gasteiger partial charge in [-0.15, -0.1) is 0 Å². The van der Waals surface area contributed by atoms with Crippen molar-refractivity contribution in [1.82, 2.24) is 4.90 Å². The molecule has 7 heteroatoms. The molecule has 2 amide bonds. The zero-order valence-electron chi connectivity index (χ0n) is 16.3. The summed E-state index contributed by atoms with van der Waals surface area (Å²) in [5, 5.41) is 1.34. The molecule has 0 aliphatic carbocycles. The van der Waals surface area contributed by atoms with Gasteiger partial charge in [0, 0.05) is 54.1 Å². The van der Waals surface area contributed by atoms with E-state index < -0.39 is 5.92 Å². The van der Waals surface area contributed by atoms with Crippen LogP contribution in [0.5, 0.6) is 0 Å². The second kappa shape index (κ2) is 8.25. The molecule has 0 aromatic heterocycles. The SMILES string of the molecule is Cc1ccc(Cl)cc1N1CCN(C(=O)[C@H]2CCN(c3ccc(Cl)cc3)C2=O)CC1. The van der Waals surface area contributed by atoms with E-state index in [1.807, 2.05) is 35.2 Å². The molecule has 2 heterocycles. The van der Waals surface area contributed by atoms with E-state index in [1.165, 1.54) is 5.56 Å². The van der Waals surface area contributed by atoms with Crippen molar-refractivity contribution in [3.05, 3.63) is 58.1 Å². The molecule has 0 radical (unpaired) electrons. The second-order valence-corrected chi connectivity index (χ2v) is 8.42. The van der Waals surface area contributed by atoms with Gasteiger partial charge in [0.05, 0.1) is 0 Å². The Morgan fingerprint density at radius 3 is 2.28 bits per heavy atom. The van der Waals surface area contributed by atoms with Gasteiger partial charge in [-0.3, -0.25) is 9.59 Å². The van der Waals surface area contributed by atoms with Gasteiger partial charge < -0.3 is 14.7 Å². The highest BCUT2D eigenvalue weighted by Crippen LogP contribution is 2.29. The minimum absolute atomic E-state index is 0.0612. The van der Waals surface area contributed by atoms with Crippen molar-refractivity contribution in [1.29, 1.82) is 0 Å². The first-order valence-corrected chi connectivity index (χ1v) is 10.6. The number of anilines is 2. The fraction of sp³-hybridized carbons (Fsp3) is 0.364. The average molecular weight is 432 g/mol. The molecule has 2 aliphatic heterocycles. The molecule has 0 N–H and O–H groups in total. The molecule has 2 saturated heterocycles. The summed E-state index contributed by atoms with van der Waals surface area (Å²) in [6.45, 7) is 5.29. The molecule has 4 rings (SSSR count). The van der Waals surface area contributed by atoms with Gasteiger partial charge in [-0.1, -0.05) is 29.3 Å². The highest BCUT2D eigenvalue weighted by Gasteiger charge is 2.40. The van der Waals surface area contributed by atoms with Gasteiger partial charge in [0.1, 0.15) is 5.92 Å². The van der Waals surface area contributed by atoms with Crippen LogP contribution in [0.25, 0.3) is 0 Å². The maximum Gasteiger partial charge on any atom is 0.239 e. The first kappa shape index (κ1) is 20.0. The Kier molecular flexibility index (Phi) is 5.70. The zero-order chi connectivity index (χ0) is 20.5. The molecule has 2 aromatic rings. The van der Waals surface area contributed by atoms with Crippen LogP contribution in [0, 0.1) is 12.8 Å². The Hall–Kier alpha value is -2.24. The predicted octanol–water partition coefficient (Wildman–Crippen LogP) is 4.00. The fourth-order valence-corrected chi connectivity index (χ4v) is 4.39. The van der Waals surface area contributed by atoms with E-state index >= 15 is 0 Å². The summed E-state index contributed by atoms with van der Waals surface area (Å²) < 4.78 is 0. The van der Waals surface area contributed by atoms with Gasteiger partial charge in [0.2, 0.25) is 11.8 Å². The van der Waals surface area contributed by atoms with Crippen molar-refractivity contribution in [3.63, 3.8) is 0 Å². The maximum atomic E-state index is 13.0. The van der Waals surface area contributed by atoms with Crippen LogP contribution in [0.1, 0.15) is 12.0 Å². The third-order valence-electron chi connectivity index (χ3n) is 5.75. The van der Waals surface area contributed by atoms with E-state index in [9.17, 15) is 9.59 Å². The first-order valence-electron chi connectivity index (χ1n) is 9.81. The summed E-state index contributed by atoms with van der Waals surface area (Å²) >= 11 is 12.1. The van der Waals surface area contributed by atoms with Crippen molar-refractivity contribution in [3.8, 4) is 0 Å². The lowest BCUT2D eigenvalue weighted by Crippen LogP contribution is -2.51. The van der Waals surface area contributed by atoms with E-state index in [4.69, 9.17) is 23.2 Å². The van der Waals surface area contributed by atoms with E-state index in [-0.39, 0.29) is 11.8 Å². The number of nitrogens with zero attached hydrogens (tertiary/aromatic N) is 3. The van der Waals surface area contributed by atoms with E-state index in [2.05, 4.69) is 11.8 Å². The van der Waals surface area contributed by atoms with Crippen LogP contribution in [-0.2, 0) is 9.59 Å². The lowest BCUT2D eigenvalue weighted by atomic mass is 10.1. The van der Waals surface area contributed by atoms with Crippen molar-refractivity contribution in [2.75, 3.05) is 42.5 Å². The summed E-state index contributed by atoms with van der Waals surface area (Å²) in [5.41, 5.74) is 3.06. The summed E-state index contributed by atoms with van der Waals surface area (Å²) in [5.74, 6) is -0.774. The van der Waals surface area contributed by atoms with Crippen LogP contribution in [0.4, 0.5) is 11.4 Å². The molecule has 1 atom stereocenters. The zero-order valence-corrected chi connectivity index (χ0v) is 17.8. The van der Waals surface area contributed by atoms with Crippen molar-refractivity contribution >= 4 is 46.4 Å². The summed E-state index contributed by atoms with van der Waals surface area (Å²) in [6.07, 6.45) is 0.550. The van der Waals surface area contributed by atoms with Crippen molar-refractivity contribution < 1.29 is 9.59 Å². The summed E-state index contributed by atoms with van der Waals surface area (Å²) in [4.78, 5) is 31.6. The van der Waals surface area contributed by atoms with E-state index in [1.54, 1.807) is 17.0 Å². The van der Waals surface area contributed by atoms with Gasteiger partial charge in [0.25, 0.3) is 0 Å². The quantitative estimate of drug-likeness (QED) is 0.689. The largest absolute Gasteiger partial charge is 0.368 e. The Bertz CT molecular complexity index is 924. The second-order valence-electron chi connectivity index (χ2n) is 7.55. The molecule has 0 spiro atoms. The number of amides is 2. The topological polar surface area (TPSA) is 43.9 Å². The molecule has 0 bridgehead atoms. The number of carbonyl (C=O) groups excluding carboxylic acids is 2. The molecular weight excluding hydrogens is 409 g/mol. The average Bonchev–Trinajstić information content (AvgIpc) is 3.11. The van der Waals surface area contributed by atoms with Crippen molar-refractivity contribution in [2.24, 2.45) is 5.92 Å². The Labute approximate surface area is 180 Å². The lowest BCUT2D eigenvalue weighted by molar-refractivity contribution is -0.140. The van der Waals surface area contributed by atoms with Crippen LogP contribution < -0.4 is 9.80 Å². The van der Waals surface area contributed by atoms with Crippen LogP contribution in [0.15, 0.2) is 42.5 Å². The normalized spacial score (nSPS) is 19.8. The number of piperazine rings is 1. The highest BCUT2D eigenvalue weighted by molar-refractivity contribution is 6.31. The molecule has 2 aromatic carbocycles. The summed E-state index contributed by atoms with van der Waals surface area (Å²) in [6, 6.07) is 13.0. The third kappa shape index (κ3) is 4.07. The number of hydrogen-bond donors (Lipinski definition) is 0.